The lowest BCUT2D eigenvalue weighted by Crippen LogP contribution is -2.30. The predicted molar refractivity (Wildman–Crippen MR) is 40.9 cm³/mol. The quantitative estimate of drug-likeness (QED) is 0.583. The smallest absolute Gasteiger partial charge is 0.423 e. The van der Waals surface area contributed by atoms with Crippen molar-refractivity contribution in [3.05, 3.63) is 29.3 Å². The van der Waals surface area contributed by atoms with Crippen LogP contribution in [0.25, 0.3) is 0 Å². The molecule has 1 aromatic carbocycles. The lowest BCUT2D eigenvalue weighted by atomic mass is 9.79. The van der Waals surface area contributed by atoms with Crippen LogP contribution in [0.3, 0.4) is 0 Å². The van der Waals surface area contributed by atoms with Crippen molar-refractivity contribution in [1.82, 2.24) is 0 Å². The molecule has 0 heterocycles. The van der Waals surface area contributed by atoms with Crippen molar-refractivity contribution in [2.24, 2.45) is 0 Å². The second kappa shape index (κ2) is 3.20. The Morgan fingerprint density at radius 2 is 1.83 bits per heavy atom. The van der Waals surface area contributed by atoms with Gasteiger partial charge >= 0.3 is 7.12 Å². The summed E-state index contributed by atoms with van der Waals surface area (Å²) in [6.45, 7) is 1.35. The van der Waals surface area contributed by atoms with Gasteiger partial charge in [-0.1, -0.05) is 6.07 Å². The topological polar surface area (TPSA) is 40.5 Å². The van der Waals surface area contributed by atoms with E-state index < -0.39 is 18.8 Å². The Morgan fingerprint density at radius 1 is 1.25 bits per heavy atom. The Morgan fingerprint density at radius 3 is 2.25 bits per heavy atom. The van der Waals surface area contributed by atoms with E-state index in [1.54, 1.807) is 0 Å². The van der Waals surface area contributed by atoms with E-state index in [1.807, 2.05) is 0 Å². The van der Waals surface area contributed by atoms with E-state index >= 15 is 0 Å². The minimum Gasteiger partial charge on any atom is -0.423 e. The van der Waals surface area contributed by atoms with Gasteiger partial charge in [0, 0.05) is 0 Å². The Bertz CT molecular complexity index is 278. The summed E-state index contributed by atoms with van der Waals surface area (Å²) in [5.41, 5.74) is 0.00417. The third-order valence-electron chi connectivity index (χ3n) is 1.53. The molecule has 0 unspecified atom stereocenters. The number of rotatable bonds is 1. The van der Waals surface area contributed by atoms with Crippen LogP contribution in [-0.4, -0.2) is 17.2 Å². The van der Waals surface area contributed by atoms with E-state index in [-0.39, 0.29) is 11.0 Å². The number of hydrogen-bond donors (Lipinski definition) is 2. The Balaban J connectivity index is 3.21. The lowest BCUT2D eigenvalue weighted by molar-refractivity contribution is 0.424. The number of halogens is 2. The minimum atomic E-state index is -1.76. The van der Waals surface area contributed by atoms with Crippen LogP contribution in [-0.2, 0) is 0 Å². The van der Waals surface area contributed by atoms with Crippen molar-refractivity contribution >= 4 is 12.6 Å². The molecule has 0 amide bonds. The van der Waals surface area contributed by atoms with Crippen molar-refractivity contribution in [3.63, 3.8) is 0 Å². The molecule has 0 aliphatic heterocycles. The predicted octanol–water partition coefficient (Wildman–Crippen LogP) is -0.0470. The Kier molecular flexibility index (Phi) is 2.44. The molecule has 0 aliphatic rings. The normalized spacial score (nSPS) is 10.1. The van der Waals surface area contributed by atoms with Crippen LogP contribution in [0.5, 0.6) is 0 Å². The van der Waals surface area contributed by atoms with Gasteiger partial charge in [-0.3, -0.25) is 0 Å². The van der Waals surface area contributed by atoms with Crippen molar-refractivity contribution < 1.29 is 18.8 Å². The fourth-order valence-electron chi connectivity index (χ4n) is 0.902. The van der Waals surface area contributed by atoms with Crippen molar-refractivity contribution in [2.75, 3.05) is 0 Å². The molecule has 5 heteroatoms. The third-order valence-corrected chi connectivity index (χ3v) is 1.53. The largest absolute Gasteiger partial charge is 0.488 e. The first-order valence-electron chi connectivity index (χ1n) is 3.34. The zero-order chi connectivity index (χ0) is 9.30. The van der Waals surface area contributed by atoms with E-state index in [9.17, 15) is 8.78 Å². The molecule has 0 aliphatic carbocycles. The molecule has 1 rings (SSSR count). The average Bonchev–Trinajstić information content (AvgIpc) is 1.99. The standard InChI is InChI=1S/C7H7BF2O2/c1-4-2-5(8(11)12)3-6(9)7(4)10/h2-3,11-12H,1H3. The molecule has 0 bridgehead atoms. The highest BCUT2D eigenvalue weighted by Gasteiger charge is 2.15. The Labute approximate surface area is 68.6 Å². The third kappa shape index (κ3) is 1.62. The van der Waals surface area contributed by atoms with E-state index in [4.69, 9.17) is 10.0 Å². The van der Waals surface area contributed by atoms with Crippen LogP contribution < -0.4 is 5.46 Å². The lowest BCUT2D eigenvalue weighted by Gasteiger charge is -2.02. The van der Waals surface area contributed by atoms with Crippen LogP contribution in [0, 0.1) is 18.6 Å². The molecule has 0 saturated heterocycles. The zero-order valence-corrected chi connectivity index (χ0v) is 6.38. The highest BCUT2D eigenvalue weighted by molar-refractivity contribution is 6.58. The van der Waals surface area contributed by atoms with Crippen LogP contribution >= 0.6 is 0 Å². The van der Waals surface area contributed by atoms with Gasteiger partial charge in [-0.2, -0.15) is 0 Å². The van der Waals surface area contributed by atoms with Gasteiger partial charge in [0.25, 0.3) is 0 Å². The average molecular weight is 172 g/mol. The SMILES string of the molecule is Cc1cc(B(O)O)cc(F)c1F. The molecule has 0 atom stereocenters. The van der Waals surface area contributed by atoms with Crippen LogP contribution in [0.1, 0.15) is 5.56 Å². The molecule has 64 valence electrons. The summed E-state index contributed by atoms with van der Waals surface area (Å²) < 4.78 is 25.2. The van der Waals surface area contributed by atoms with E-state index in [0.29, 0.717) is 0 Å². The van der Waals surface area contributed by atoms with E-state index in [1.165, 1.54) is 13.0 Å². The summed E-state index contributed by atoms with van der Waals surface area (Å²) in [5.74, 6) is -2.03. The van der Waals surface area contributed by atoms with Crippen molar-refractivity contribution in [2.45, 2.75) is 6.92 Å². The molecular formula is C7H7BF2O2. The molecule has 2 nitrogen and oxygen atoms in total. The minimum absolute atomic E-state index is 0.0496. The molecule has 1 aromatic rings. The van der Waals surface area contributed by atoms with Crippen LogP contribution in [0.15, 0.2) is 12.1 Å². The first-order chi connectivity index (χ1) is 5.52. The summed E-state index contributed by atoms with van der Waals surface area (Å²) in [5, 5.41) is 17.3. The molecule has 0 saturated carbocycles. The Hall–Kier alpha value is -0.935. The fourth-order valence-corrected chi connectivity index (χ4v) is 0.902. The summed E-state index contributed by atoms with van der Waals surface area (Å²) in [4.78, 5) is 0. The molecule has 0 fully saturated rings. The molecule has 0 aromatic heterocycles. The van der Waals surface area contributed by atoms with Gasteiger partial charge in [0.2, 0.25) is 0 Å². The summed E-state index contributed by atoms with van der Waals surface area (Å²) in [7, 11) is -1.76. The van der Waals surface area contributed by atoms with Crippen LogP contribution in [0.4, 0.5) is 8.78 Å². The molecule has 2 N–H and O–H groups in total. The maximum Gasteiger partial charge on any atom is 0.488 e. The zero-order valence-electron chi connectivity index (χ0n) is 6.38. The van der Waals surface area contributed by atoms with E-state index in [2.05, 4.69) is 0 Å². The molecule has 0 spiro atoms. The molecular weight excluding hydrogens is 165 g/mol. The second-order valence-corrected chi connectivity index (χ2v) is 2.51. The fraction of sp³-hybridized carbons (Fsp3) is 0.143. The molecule has 0 radical (unpaired) electrons. The molecule has 12 heavy (non-hydrogen) atoms. The summed E-state index contributed by atoms with van der Waals surface area (Å²) >= 11 is 0. The maximum absolute atomic E-state index is 12.6. The van der Waals surface area contributed by atoms with Crippen molar-refractivity contribution in [3.8, 4) is 0 Å². The summed E-state index contributed by atoms with van der Waals surface area (Å²) in [6, 6.07) is 1.94. The monoisotopic (exact) mass is 172 g/mol. The first-order valence-corrected chi connectivity index (χ1v) is 3.34. The highest BCUT2D eigenvalue weighted by atomic mass is 19.2. The van der Waals surface area contributed by atoms with Gasteiger partial charge in [0.1, 0.15) is 0 Å². The van der Waals surface area contributed by atoms with E-state index in [0.717, 1.165) is 6.07 Å². The van der Waals surface area contributed by atoms with Gasteiger partial charge in [-0.15, -0.1) is 0 Å². The number of benzene rings is 1. The summed E-state index contributed by atoms with van der Waals surface area (Å²) in [6.07, 6.45) is 0. The van der Waals surface area contributed by atoms with Crippen molar-refractivity contribution in [1.29, 1.82) is 0 Å². The highest BCUT2D eigenvalue weighted by Crippen LogP contribution is 2.08. The van der Waals surface area contributed by atoms with Gasteiger partial charge in [-0.25, -0.2) is 8.78 Å². The maximum atomic E-state index is 12.6. The van der Waals surface area contributed by atoms with Gasteiger partial charge in [-0.05, 0) is 24.0 Å². The number of aryl methyl sites for hydroxylation is 1. The number of hydrogen-bond acceptors (Lipinski definition) is 2. The van der Waals surface area contributed by atoms with Gasteiger partial charge in [0.15, 0.2) is 11.6 Å². The van der Waals surface area contributed by atoms with Gasteiger partial charge in [0.05, 0.1) is 0 Å². The first kappa shape index (κ1) is 9.16. The van der Waals surface area contributed by atoms with Crippen LogP contribution in [0.2, 0.25) is 0 Å². The van der Waals surface area contributed by atoms with Gasteiger partial charge < -0.3 is 10.0 Å². The second-order valence-electron chi connectivity index (χ2n) is 2.51.